The Morgan fingerprint density at radius 1 is 1.20 bits per heavy atom. The summed E-state index contributed by atoms with van der Waals surface area (Å²) in [5.74, 6) is 2.16. The van der Waals surface area contributed by atoms with Gasteiger partial charge in [0, 0.05) is 43.2 Å². The minimum Gasteiger partial charge on any atom is -0.489 e. The lowest BCUT2D eigenvalue weighted by molar-refractivity contribution is 0.00368. The highest BCUT2D eigenvalue weighted by molar-refractivity contribution is 6.30. The van der Waals surface area contributed by atoms with Gasteiger partial charge in [-0.15, -0.1) is 0 Å². The number of hydrogen-bond acceptors (Lipinski definition) is 5. The number of morpholine rings is 1. The molecule has 0 radical (unpaired) electrons. The van der Waals surface area contributed by atoms with Crippen molar-refractivity contribution in [1.29, 1.82) is 0 Å². The molecule has 3 atom stereocenters. The summed E-state index contributed by atoms with van der Waals surface area (Å²) in [5.41, 5.74) is 0. The van der Waals surface area contributed by atoms with E-state index in [0.717, 1.165) is 70.7 Å². The number of nitrogens with zero attached hydrogens (tertiary/aromatic N) is 2. The SMILES string of the molecule is CCNC(=NCC(C1CCOC1)N1CCOCC1)NCC(C)Oc1ccc(Cl)cc1. The van der Waals surface area contributed by atoms with Gasteiger partial charge in [0.05, 0.1) is 32.9 Å². The van der Waals surface area contributed by atoms with Crippen LogP contribution >= 0.6 is 11.6 Å². The van der Waals surface area contributed by atoms with Crippen molar-refractivity contribution in [3.8, 4) is 5.75 Å². The lowest BCUT2D eigenvalue weighted by Crippen LogP contribution is -2.49. The monoisotopic (exact) mass is 438 g/mol. The third-order valence-electron chi connectivity index (χ3n) is 5.51. The standard InChI is InChI=1S/C22H35ClN4O3/c1-3-24-22(25-14-17(2)30-20-6-4-19(23)5-7-20)26-15-21(18-8-11-29-16-18)27-9-12-28-13-10-27/h4-7,17-18,21H,3,8-16H2,1-2H3,(H2,24,25,26). The van der Waals surface area contributed by atoms with E-state index >= 15 is 0 Å². The molecule has 0 amide bonds. The second-order valence-electron chi connectivity index (χ2n) is 7.82. The highest BCUT2D eigenvalue weighted by Crippen LogP contribution is 2.22. The second kappa shape index (κ2) is 12.3. The smallest absolute Gasteiger partial charge is 0.191 e. The minimum atomic E-state index is -0.00620. The molecule has 2 heterocycles. The van der Waals surface area contributed by atoms with Crippen molar-refractivity contribution in [1.82, 2.24) is 15.5 Å². The first-order valence-corrected chi connectivity index (χ1v) is 11.4. The summed E-state index contributed by atoms with van der Waals surface area (Å²) >= 11 is 5.94. The molecule has 7 nitrogen and oxygen atoms in total. The van der Waals surface area contributed by atoms with Gasteiger partial charge in [-0.2, -0.15) is 0 Å². The summed E-state index contributed by atoms with van der Waals surface area (Å²) in [6.45, 7) is 11.5. The Hall–Kier alpha value is -1.54. The molecule has 3 unspecified atom stereocenters. The van der Waals surface area contributed by atoms with Gasteiger partial charge in [-0.3, -0.25) is 9.89 Å². The molecule has 0 saturated carbocycles. The van der Waals surface area contributed by atoms with Crippen molar-refractivity contribution in [2.45, 2.75) is 32.4 Å². The Morgan fingerprint density at radius 3 is 2.63 bits per heavy atom. The number of aliphatic imine (C=N–C) groups is 1. The van der Waals surface area contributed by atoms with Gasteiger partial charge in [0.1, 0.15) is 11.9 Å². The summed E-state index contributed by atoms with van der Waals surface area (Å²) in [6, 6.07) is 7.82. The maximum absolute atomic E-state index is 5.96. The van der Waals surface area contributed by atoms with Gasteiger partial charge in [-0.25, -0.2) is 0 Å². The van der Waals surface area contributed by atoms with Crippen LogP contribution in [-0.4, -0.2) is 82.2 Å². The van der Waals surface area contributed by atoms with Crippen LogP contribution in [-0.2, 0) is 9.47 Å². The zero-order valence-electron chi connectivity index (χ0n) is 18.1. The van der Waals surface area contributed by atoms with E-state index in [-0.39, 0.29) is 6.10 Å². The van der Waals surface area contributed by atoms with Gasteiger partial charge in [-0.1, -0.05) is 11.6 Å². The van der Waals surface area contributed by atoms with Crippen LogP contribution in [0.5, 0.6) is 5.75 Å². The molecule has 8 heteroatoms. The van der Waals surface area contributed by atoms with Gasteiger partial charge in [0.15, 0.2) is 5.96 Å². The minimum absolute atomic E-state index is 0.00620. The fourth-order valence-corrected chi connectivity index (χ4v) is 4.01. The van der Waals surface area contributed by atoms with Gasteiger partial charge in [0.25, 0.3) is 0 Å². The summed E-state index contributed by atoms with van der Waals surface area (Å²) in [6.07, 6.45) is 1.10. The second-order valence-corrected chi connectivity index (χ2v) is 8.26. The number of benzene rings is 1. The quantitative estimate of drug-likeness (QED) is 0.456. The van der Waals surface area contributed by atoms with Crippen LogP contribution in [0.25, 0.3) is 0 Å². The van der Waals surface area contributed by atoms with E-state index in [1.807, 2.05) is 31.2 Å². The Kier molecular flexibility index (Phi) is 9.52. The van der Waals surface area contributed by atoms with Crippen molar-refractivity contribution in [2.24, 2.45) is 10.9 Å². The van der Waals surface area contributed by atoms with E-state index in [9.17, 15) is 0 Å². The molecule has 2 saturated heterocycles. The van der Waals surface area contributed by atoms with Crippen molar-refractivity contribution in [3.05, 3.63) is 29.3 Å². The van der Waals surface area contributed by atoms with E-state index in [1.165, 1.54) is 0 Å². The summed E-state index contributed by atoms with van der Waals surface area (Å²) in [5, 5.41) is 7.47. The highest BCUT2D eigenvalue weighted by Gasteiger charge is 2.31. The zero-order chi connectivity index (χ0) is 21.2. The molecule has 0 bridgehead atoms. The molecule has 3 rings (SSSR count). The number of halogens is 1. The average Bonchev–Trinajstić information content (AvgIpc) is 3.29. The Bertz CT molecular complexity index is 646. The first kappa shape index (κ1) is 23.1. The van der Waals surface area contributed by atoms with Crippen molar-refractivity contribution < 1.29 is 14.2 Å². The highest BCUT2D eigenvalue weighted by atomic mass is 35.5. The lowest BCUT2D eigenvalue weighted by Gasteiger charge is -2.36. The van der Waals surface area contributed by atoms with Gasteiger partial charge >= 0.3 is 0 Å². The van der Waals surface area contributed by atoms with Crippen molar-refractivity contribution in [2.75, 3.05) is 59.2 Å². The molecule has 0 spiro atoms. The number of ether oxygens (including phenoxy) is 3. The van der Waals surface area contributed by atoms with Gasteiger partial charge < -0.3 is 24.8 Å². The normalized spacial score (nSPS) is 22.5. The van der Waals surface area contributed by atoms with E-state index in [0.29, 0.717) is 23.5 Å². The van der Waals surface area contributed by atoms with E-state index in [2.05, 4.69) is 22.5 Å². The largest absolute Gasteiger partial charge is 0.489 e. The van der Waals surface area contributed by atoms with Crippen LogP contribution in [0.15, 0.2) is 29.3 Å². The topological polar surface area (TPSA) is 67.4 Å². The molecule has 2 N–H and O–H groups in total. The summed E-state index contributed by atoms with van der Waals surface area (Å²) < 4.78 is 17.2. The summed E-state index contributed by atoms with van der Waals surface area (Å²) in [7, 11) is 0. The fraction of sp³-hybridized carbons (Fsp3) is 0.682. The third kappa shape index (κ3) is 7.30. The molecule has 1 aromatic carbocycles. The Morgan fingerprint density at radius 2 is 1.97 bits per heavy atom. The molecular formula is C22H35ClN4O3. The maximum atomic E-state index is 5.96. The van der Waals surface area contributed by atoms with Crippen molar-refractivity contribution >= 4 is 17.6 Å². The first-order chi connectivity index (χ1) is 14.7. The van der Waals surface area contributed by atoms with E-state index in [1.54, 1.807) is 0 Å². The molecule has 30 heavy (non-hydrogen) atoms. The molecule has 2 fully saturated rings. The van der Waals surface area contributed by atoms with Crippen molar-refractivity contribution in [3.63, 3.8) is 0 Å². The number of nitrogens with one attached hydrogen (secondary N) is 2. The molecule has 2 aliphatic rings. The molecule has 0 aliphatic carbocycles. The lowest BCUT2D eigenvalue weighted by atomic mass is 9.97. The molecule has 2 aliphatic heterocycles. The van der Waals surface area contributed by atoms with Crippen LogP contribution in [0.1, 0.15) is 20.3 Å². The number of hydrogen-bond donors (Lipinski definition) is 2. The summed E-state index contributed by atoms with van der Waals surface area (Å²) in [4.78, 5) is 7.42. The predicted molar refractivity (Wildman–Crippen MR) is 121 cm³/mol. The van der Waals surface area contributed by atoms with Crippen LogP contribution in [0.2, 0.25) is 5.02 Å². The van der Waals surface area contributed by atoms with E-state index in [4.69, 9.17) is 30.8 Å². The van der Waals surface area contributed by atoms with Gasteiger partial charge in [0.2, 0.25) is 0 Å². The molecule has 168 valence electrons. The van der Waals surface area contributed by atoms with Crippen LogP contribution in [0, 0.1) is 5.92 Å². The number of rotatable bonds is 9. The Balaban J connectivity index is 1.55. The molecule has 0 aromatic heterocycles. The van der Waals surface area contributed by atoms with Crippen LogP contribution in [0.4, 0.5) is 0 Å². The van der Waals surface area contributed by atoms with Crippen LogP contribution < -0.4 is 15.4 Å². The predicted octanol–water partition coefficient (Wildman–Crippen LogP) is 2.40. The van der Waals surface area contributed by atoms with Crippen LogP contribution in [0.3, 0.4) is 0 Å². The first-order valence-electron chi connectivity index (χ1n) is 11.0. The maximum Gasteiger partial charge on any atom is 0.191 e. The van der Waals surface area contributed by atoms with E-state index < -0.39 is 0 Å². The Labute approximate surface area is 185 Å². The zero-order valence-corrected chi connectivity index (χ0v) is 18.9. The average molecular weight is 439 g/mol. The van der Waals surface area contributed by atoms with Gasteiger partial charge in [-0.05, 0) is 44.5 Å². The third-order valence-corrected chi connectivity index (χ3v) is 5.76. The number of guanidine groups is 1. The molecule has 1 aromatic rings. The molecular weight excluding hydrogens is 404 g/mol. The fourth-order valence-electron chi connectivity index (χ4n) is 3.88.